The molecule has 1 atom stereocenters. The van der Waals surface area contributed by atoms with Crippen molar-refractivity contribution >= 4 is 53.4 Å². The fourth-order valence-corrected chi connectivity index (χ4v) is 5.21. The maximum absolute atomic E-state index is 13.4. The number of alkyl halides is 2. The molecule has 14 heteroatoms. The van der Waals surface area contributed by atoms with E-state index in [-0.39, 0.29) is 34.5 Å². The van der Waals surface area contributed by atoms with E-state index in [0.717, 1.165) is 6.04 Å². The maximum Gasteiger partial charge on any atom is 0.387 e. The van der Waals surface area contributed by atoms with Crippen molar-refractivity contribution in [2.24, 2.45) is 10.7 Å². The van der Waals surface area contributed by atoms with Crippen LogP contribution in [0, 0.1) is 0 Å². The Bertz CT molecular complexity index is 1280. The van der Waals surface area contributed by atoms with Crippen LogP contribution in [-0.2, 0) is 16.3 Å². The van der Waals surface area contributed by atoms with Crippen molar-refractivity contribution in [2.45, 2.75) is 45.1 Å². The molecule has 0 saturated heterocycles. The first kappa shape index (κ1) is 27.3. The maximum atomic E-state index is 13.4. The molecule has 4 rings (SSSR count). The van der Waals surface area contributed by atoms with Crippen molar-refractivity contribution in [3.63, 3.8) is 0 Å². The largest absolute Gasteiger partial charge is 0.434 e. The van der Waals surface area contributed by atoms with Gasteiger partial charge in [0.25, 0.3) is 5.91 Å². The van der Waals surface area contributed by atoms with Crippen molar-refractivity contribution in [3.05, 3.63) is 63.3 Å². The van der Waals surface area contributed by atoms with Gasteiger partial charge in [0.2, 0.25) is 0 Å². The van der Waals surface area contributed by atoms with Gasteiger partial charge in [-0.15, -0.1) is 0 Å². The summed E-state index contributed by atoms with van der Waals surface area (Å²) in [6.45, 7) is 4.54. The summed E-state index contributed by atoms with van der Waals surface area (Å²) in [4.78, 5) is 17.1. The quantitative estimate of drug-likeness (QED) is 0.288. The lowest BCUT2D eigenvalue weighted by Crippen LogP contribution is -2.37. The predicted octanol–water partition coefficient (Wildman–Crippen LogP) is 5.29. The van der Waals surface area contributed by atoms with Crippen LogP contribution in [0.5, 0.6) is 5.75 Å². The molecule has 2 aliphatic rings. The molecule has 2 N–H and O–H groups in total. The van der Waals surface area contributed by atoms with Gasteiger partial charge in [0.05, 0.1) is 28.7 Å². The lowest BCUT2D eigenvalue weighted by Gasteiger charge is -2.34. The fourth-order valence-electron chi connectivity index (χ4n) is 3.94. The second-order valence-corrected chi connectivity index (χ2v) is 16.5. The van der Waals surface area contributed by atoms with E-state index in [1.54, 1.807) is 39.4 Å². The van der Waals surface area contributed by atoms with E-state index in [1.165, 1.54) is 18.3 Å². The van der Waals surface area contributed by atoms with E-state index in [0.29, 0.717) is 16.8 Å². The molecule has 9 nitrogen and oxygen atoms in total. The number of aromatic nitrogens is 2. The zero-order valence-corrected chi connectivity index (χ0v) is 23.7. The van der Waals surface area contributed by atoms with Gasteiger partial charge in [0, 0.05) is 43.2 Å². The molecule has 0 fully saturated rings. The first-order valence-electron chi connectivity index (χ1n) is 11.3. The van der Waals surface area contributed by atoms with Crippen LogP contribution in [-0.4, -0.2) is 48.2 Å². The molecular formula is C23H26BrClF2N6O3Si. The number of amides is 1. The number of halogens is 4. The number of hydrogen-bond donors (Lipinski definition) is 1. The topological polar surface area (TPSA) is 98.2 Å². The Morgan fingerprint density at radius 1 is 1.32 bits per heavy atom. The summed E-state index contributed by atoms with van der Waals surface area (Å²) in [7, 11) is -1.24. The molecule has 1 aromatic heterocycles. The van der Waals surface area contributed by atoms with E-state index in [2.05, 4.69) is 45.7 Å². The molecule has 37 heavy (non-hydrogen) atoms. The number of carbonyl (C=O) groups is 1. The Balaban J connectivity index is 1.75. The van der Waals surface area contributed by atoms with Gasteiger partial charge in [-0.25, -0.2) is 14.7 Å². The number of anilines is 1. The molecular weight excluding hydrogens is 590 g/mol. The second-order valence-electron chi connectivity index (χ2n) is 9.58. The third kappa shape index (κ3) is 6.05. The normalized spacial score (nSPS) is 17.2. The average molecular weight is 616 g/mol. The molecule has 2 aromatic rings. The van der Waals surface area contributed by atoms with Gasteiger partial charge in [-0.1, -0.05) is 31.2 Å². The van der Waals surface area contributed by atoms with Gasteiger partial charge >= 0.3 is 6.61 Å². The lowest BCUT2D eigenvalue weighted by molar-refractivity contribution is -0.114. The van der Waals surface area contributed by atoms with Crippen molar-refractivity contribution in [1.82, 2.24) is 14.8 Å². The number of hydrogen-bond acceptors (Lipinski definition) is 7. The summed E-state index contributed by atoms with van der Waals surface area (Å²) in [6, 6.07) is 2.83. The third-order valence-corrected chi connectivity index (χ3v) is 8.55. The second kappa shape index (κ2) is 10.9. The molecule has 1 aromatic carbocycles. The van der Waals surface area contributed by atoms with Gasteiger partial charge in [0.1, 0.15) is 18.5 Å². The molecule has 0 radical (unpaired) electrons. The molecule has 0 bridgehead atoms. The monoisotopic (exact) mass is 614 g/mol. The molecule has 3 heterocycles. The number of fused-ring (bicyclic) bond motifs is 1. The highest BCUT2D eigenvalue weighted by Crippen LogP contribution is 2.48. The number of ether oxygens (including phenoxy) is 2. The molecule has 0 spiro atoms. The van der Waals surface area contributed by atoms with E-state index in [9.17, 15) is 13.6 Å². The number of allylic oxidation sites excluding steroid dienone is 1. The van der Waals surface area contributed by atoms with Gasteiger partial charge in [-0.05, 0) is 34.1 Å². The van der Waals surface area contributed by atoms with Crippen molar-refractivity contribution in [1.29, 1.82) is 0 Å². The number of rotatable bonds is 10. The summed E-state index contributed by atoms with van der Waals surface area (Å²) in [5.41, 5.74) is 6.67. The molecule has 0 saturated carbocycles. The SMILES string of the molecule is C[Si](C)(C)CCOCn1cc(N2C(c3cc(Br)c(Cl)cc3OC(F)F)C(C(N)=O)=C3N=CC=CN32)cn1. The number of nitrogens with two attached hydrogens (primary N) is 1. The van der Waals surface area contributed by atoms with E-state index in [4.69, 9.17) is 26.8 Å². The standard InChI is InChI=1S/C23H26BrClF2N6O3Si/c1-37(2,3)8-7-35-13-31-12-14(11-30-31)33-20(19(21(28)34)22-29-5-4-6-32(22)33)15-9-16(24)17(25)10-18(15)36-23(26)27/h4-6,9-12,20,23H,7-8,13H2,1-3H3,(H2,28,34). The predicted molar refractivity (Wildman–Crippen MR) is 143 cm³/mol. The Morgan fingerprint density at radius 2 is 2.08 bits per heavy atom. The van der Waals surface area contributed by atoms with Crippen molar-refractivity contribution in [3.8, 4) is 5.75 Å². The van der Waals surface area contributed by atoms with Gasteiger partial charge in [-0.3, -0.25) is 9.80 Å². The first-order valence-corrected chi connectivity index (χ1v) is 16.2. The van der Waals surface area contributed by atoms with Gasteiger partial charge in [-0.2, -0.15) is 13.9 Å². The summed E-state index contributed by atoms with van der Waals surface area (Å²) in [5.74, 6) is -0.711. The highest BCUT2D eigenvalue weighted by atomic mass is 79.9. The smallest absolute Gasteiger partial charge is 0.387 e. The highest BCUT2D eigenvalue weighted by molar-refractivity contribution is 9.10. The van der Waals surface area contributed by atoms with Gasteiger partial charge in [0.15, 0.2) is 5.82 Å². The Morgan fingerprint density at radius 3 is 2.76 bits per heavy atom. The minimum Gasteiger partial charge on any atom is -0.434 e. The molecule has 1 amide bonds. The Hall–Kier alpha value is -2.74. The molecule has 2 aliphatic heterocycles. The van der Waals surface area contributed by atoms with Crippen LogP contribution in [0.25, 0.3) is 0 Å². The number of benzene rings is 1. The van der Waals surface area contributed by atoms with Crippen LogP contribution in [0.15, 0.2) is 57.7 Å². The zero-order chi connectivity index (χ0) is 26.9. The fraction of sp³-hybridized carbons (Fsp3) is 0.348. The summed E-state index contributed by atoms with van der Waals surface area (Å²) in [6.07, 6.45) is 8.19. The van der Waals surface area contributed by atoms with Crippen LogP contribution in [0.4, 0.5) is 14.5 Å². The average Bonchev–Trinajstić information content (AvgIpc) is 3.40. The number of hydrazine groups is 1. The minimum absolute atomic E-state index is 0.0908. The highest BCUT2D eigenvalue weighted by Gasteiger charge is 2.44. The Kier molecular flexibility index (Phi) is 8.07. The minimum atomic E-state index is -3.12. The summed E-state index contributed by atoms with van der Waals surface area (Å²) in [5, 5.41) is 7.85. The third-order valence-electron chi connectivity index (χ3n) is 5.65. The summed E-state index contributed by atoms with van der Waals surface area (Å²) < 4.78 is 39.3. The first-order chi connectivity index (χ1) is 17.5. The molecule has 1 unspecified atom stereocenters. The van der Waals surface area contributed by atoms with Crippen LogP contribution in [0.1, 0.15) is 11.6 Å². The Labute approximate surface area is 227 Å². The zero-order valence-electron chi connectivity index (χ0n) is 20.4. The van der Waals surface area contributed by atoms with Crippen LogP contribution >= 0.6 is 27.5 Å². The van der Waals surface area contributed by atoms with E-state index in [1.807, 2.05) is 0 Å². The lowest BCUT2D eigenvalue weighted by atomic mass is 9.97. The van der Waals surface area contributed by atoms with E-state index >= 15 is 0 Å². The summed E-state index contributed by atoms with van der Waals surface area (Å²) >= 11 is 9.53. The van der Waals surface area contributed by atoms with Crippen molar-refractivity contribution < 1.29 is 23.0 Å². The van der Waals surface area contributed by atoms with Crippen molar-refractivity contribution in [2.75, 3.05) is 11.6 Å². The number of primary amides is 1. The number of aliphatic imine (C=N–C) groups is 1. The van der Waals surface area contributed by atoms with Crippen LogP contribution in [0.3, 0.4) is 0 Å². The van der Waals surface area contributed by atoms with Crippen LogP contribution < -0.4 is 15.5 Å². The molecule has 198 valence electrons. The molecule has 0 aliphatic carbocycles. The van der Waals surface area contributed by atoms with E-state index < -0.39 is 26.6 Å². The van der Waals surface area contributed by atoms with Crippen LogP contribution in [0.2, 0.25) is 30.7 Å². The number of nitrogens with zero attached hydrogens (tertiary/aromatic N) is 5. The van der Waals surface area contributed by atoms with Gasteiger partial charge < -0.3 is 15.2 Å². The number of carbonyl (C=O) groups excluding carboxylic acids is 1.